The minimum absolute atomic E-state index is 0.0116. The molecule has 1 aliphatic rings. The van der Waals surface area contributed by atoms with Crippen molar-refractivity contribution < 1.29 is 9.59 Å². The van der Waals surface area contributed by atoms with E-state index in [0.29, 0.717) is 0 Å². The van der Waals surface area contributed by atoms with Crippen molar-refractivity contribution in [2.24, 2.45) is 0 Å². The van der Waals surface area contributed by atoms with E-state index in [4.69, 9.17) is 34.8 Å². The SMILES string of the molecule is O=C1NC(=O)c2c1cc(Cl)c(Cl)c2Cl. The topological polar surface area (TPSA) is 46.2 Å². The Kier molecular flexibility index (Phi) is 2.18. The van der Waals surface area contributed by atoms with Gasteiger partial charge in [-0.1, -0.05) is 34.8 Å². The van der Waals surface area contributed by atoms with Gasteiger partial charge >= 0.3 is 0 Å². The Morgan fingerprint density at radius 2 is 1.64 bits per heavy atom. The van der Waals surface area contributed by atoms with Gasteiger partial charge in [0.25, 0.3) is 11.8 Å². The van der Waals surface area contributed by atoms with E-state index in [1.807, 2.05) is 0 Å². The third-order valence-corrected chi connectivity index (χ3v) is 3.12. The summed E-state index contributed by atoms with van der Waals surface area (Å²) in [5.74, 6) is -1.06. The van der Waals surface area contributed by atoms with Crippen molar-refractivity contribution in [2.75, 3.05) is 0 Å². The number of carbonyl (C=O) groups excluding carboxylic acids is 2. The standard InChI is InChI=1S/C8H2Cl3NO2/c9-3-1-2-4(6(11)5(3)10)8(14)12-7(2)13/h1H,(H,12,13,14). The second-order valence-electron chi connectivity index (χ2n) is 2.69. The van der Waals surface area contributed by atoms with Crippen molar-refractivity contribution in [1.82, 2.24) is 5.32 Å². The van der Waals surface area contributed by atoms with E-state index in [9.17, 15) is 9.59 Å². The molecule has 1 heterocycles. The molecule has 3 nitrogen and oxygen atoms in total. The van der Waals surface area contributed by atoms with Crippen LogP contribution in [-0.2, 0) is 0 Å². The van der Waals surface area contributed by atoms with Crippen LogP contribution in [0.1, 0.15) is 20.7 Å². The van der Waals surface area contributed by atoms with Gasteiger partial charge < -0.3 is 0 Å². The Hall–Kier alpha value is -0.770. The summed E-state index contributed by atoms with van der Waals surface area (Å²) in [5, 5.41) is 2.34. The molecule has 14 heavy (non-hydrogen) atoms. The third kappa shape index (κ3) is 1.21. The highest BCUT2D eigenvalue weighted by molar-refractivity contribution is 6.50. The van der Waals surface area contributed by atoms with E-state index >= 15 is 0 Å². The van der Waals surface area contributed by atoms with Crippen LogP contribution in [0.5, 0.6) is 0 Å². The molecule has 1 aromatic rings. The highest BCUT2D eigenvalue weighted by Gasteiger charge is 2.31. The quantitative estimate of drug-likeness (QED) is 0.568. The summed E-state index contributed by atoms with van der Waals surface area (Å²) in [6.07, 6.45) is 0. The van der Waals surface area contributed by atoms with E-state index in [0.717, 1.165) is 0 Å². The maximum Gasteiger partial charge on any atom is 0.260 e. The summed E-state index contributed by atoms with van der Waals surface area (Å²) in [6.45, 7) is 0. The predicted octanol–water partition coefficient (Wildman–Crippen LogP) is 2.53. The highest BCUT2D eigenvalue weighted by Crippen LogP contribution is 2.36. The number of rotatable bonds is 0. The van der Waals surface area contributed by atoms with Crippen molar-refractivity contribution in [3.8, 4) is 0 Å². The first-order valence-corrected chi connectivity index (χ1v) is 4.69. The van der Waals surface area contributed by atoms with Gasteiger partial charge in [0.1, 0.15) is 0 Å². The van der Waals surface area contributed by atoms with Crippen molar-refractivity contribution in [3.05, 3.63) is 32.3 Å². The number of benzene rings is 1. The Morgan fingerprint density at radius 1 is 1.00 bits per heavy atom. The maximum absolute atomic E-state index is 11.2. The van der Waals surface area contributed by atoms with E-state index in [-0.39, 0.29) is 26.2 Å². The number of halogens is 3. The molecule has 72 valence electrons. The van der Waals surface area contributed by atoms with Gasteiger partial charge in [0.05, 0.1) is 26.2 Å². The van der Waals surface area contributed by atoms with Gasteiger partial charge in [0.15, 0.2) is 0 Å². The second-order valence-corrected chi connectivity index (χ2v) is 3.86. The molecule has 0 aromatic heterocycles. The molecule has 2 rings (SSSR count). The van der Waals surface area contributed by atoms with E-state index in [1.165, 1.54) is 6.07 Å². The van der Waals surface area contributed by atoms with Gasteiger partial charge in [-0.15, -0.1) is 0 Å². The van der Waals surface area contributed by atoms with Gasteiger partial charge in [-0.25, -0.2) is 0 Å². The van der Waals surface area contributed by atoms with Crippen LogP contribution in [0.2, 0.25) is 15.1 Å². The molecule has 0 atom stereocenters. The van der Waals surface area contributed by atoms with Crippen molar-refractivity contribution in [3.63, 3.8) is 0 Å². The molecule has 0 fully saturated rings. The van der Waals surface area contributed by atoms with Crippen LogP contribution in [0.3, 0.4) is 0 Å². The lowest BCUT2D eigenvalue weighted by atomic mass is 10.1. The number of hydrogen-bond acceptors (Lipinski definition) is 2. The highest BCUT2D eigenvalue weighted by atomic mass is 35.5. The average molecular weight is 250 g/mol. The normalized spacial score (nSPS) is 14.2. The largest absolute Gasteiger partial charge is 0.288 e. The monoisotopic (exact) mass is 249 g/mol. The molecule has 0 unspecified atom stereocenters. The van der Waals surface area contributed by atoms with Crippen molar-refractivity contribution >= 4 is 46.6 Å². The molecular weight excluding hydrogens is 248 g/mol. The van der Waals surface area contributed by atoms with Crippen LogP contribution in [-0.4, -0.2) is 11.8 Å². The Balaban J connectivity index is 2.82. The fourth-order valence-electron chi connectivity index (χ4n) is 1.23. The first-order chi connectivity index (χ1) is 6.52. The van der Waals surface area contributed by atoms with Gasteiger partial charge in [-0.3, -0.25) is 14.9 Å². The molecular formula is C8H2Cl3NO2. The van der Waals surface area contributed by atoms with Gasteiger partial charge in [0, 0.05) is 0 Å². The van der Waals surface area contributed by atoms with Gasteiger partial charge in [-0.2, -0.15) is 0 Å². The van der Waals surface area contributed by atoms with Crippen LogP contribution in [0, 0.1) is 0 Å². The Bertz CT molecular complexity index is 470. The zero-order chi connectivity index (χ0) is 10.5. The van der Waals surface area contributed by atoms with Crippen molar-refractivity contribution in [1.29, 1.82) is 0 Å². The molecule has 0 spiro atoms. The zero-order valence-electron chi connectivity index (χ0n) is 6.53. The minimum atomic E-state index is -0.548. The molecule has 0 aliphatic carbocycles. The summed E-state index contributed by atoms with van der Waals surface area (Å²) in [4.78, 5) is 22.4. The first-order valence-electron chi connectivity index (χ1n) is 3.55. The number of fused-ring (bicyclic) bond motifs is 1. The minimum Gasteiger partial charge on any atom is -0.288 e. The second kappa shape index (κ2) is 3.12. The van der Waals surface area contributed by atoms with Crippen LogP contribution < -0.4 is 5.32 Å². The predicted molar refractivity (Wildman–Crippen MR) is 53.3 cm³/mol. The number of imide groups is 1. The molecule has 1 aromatic carbocycles. The molecule has 2 amide bonds. The fraction of sp³-hybridized carbons (Fsp3) is 0. The molecule has 0 saturated carbocycles. The van der Waals surface area contributed by atoms with Crippen molar-refractivity contribution in [2.45, 2.75) is 0 Å². The van der Waals surface area contributed by atoms with E-state index in [1.54, 1.807) is 0 Å². The number of amides is 2. The molecule has 1 N–H and O–H groups in total. The maximum atomic E-state index is 11.2. The average Bonchev–Trinajstić information content (AvgIpc) is 2.38. The Morgan fingerprint density at radius 3 is 2.29 bits per heavy atom. The smallest absolute Gasteiger partial charge is 0.260 e. The summed E-state index contributed by atoms with van der Waals surface area (Å²) in [7, 11) is 0. The number of carbonyl (C=O) groups is 2. The summed E-state index contributed by atoms with van der Waals surface area (Å²) in [5.41, 5.74) is 0.250. The van der Waals surface area contributed by atoms with Crippen LogP contribution >= 0.6 is 34.8 Å². The van der Waals surface area contributed by atoms with Crippen LogP contribution in [0.25, 0.3) is 0 Å². The molecule has 0 radical (unpaired) electrons. The lowest BCUT2D eigenvalue weighted by molar-refractivity contribution is 0.0879. The fourth-order valence-corrected chi connectivity index (χ4v) is 1.92. The molecule has 1 aliphatic heterocycles. The summed E-state index contributed by atoms with van der Waals surface area (Å²) >= 11 is 17.2. The van der Waals surface area contributed by atoms with Gasteiger partial charge in [0.2, 0.25) is 0 Å². The molecule has 0 saturated heterocycles. The first kappa shape index (κ1) is 9.77. The van der Waals surface area contributed by atoms with Crippen LogP contribution in [0.15, 0.2) is 6.07 Å². The summed E-state index contributed by atoms with van der Waals surface area (Å²) < 4.78 is 0. The van der Waals surface area contributed by atoms with Gasteiger partial charge in [-0.05, 0) is 6.07 Å². The summed E-state index contributed by atoms with van der Waals surface area (Å²) in [6, 6.07) is 1.32. The zero-order valence-corrected chi connectivity index (χ0v) is 8.80. The Labute approximate surface area is 93.9 Å². The number of hydrogen-bond donors (Lipinski definition) is 1. The van der Waals surface area contributed by atoms with E-state index in [2.05, 4.69) is 5.32 Å². The third-order valence-electron chi connectivity index (χ3n) is 1.86. The lowest BCUT2D eigenvalue weighted by Gasteiger charge is -2.02. The number of nitrogens with one attached hydrogen (secondary N) is 1. The molecule has 0 bridgehead atoms. The lowest BCUT2D eigenvalue weighted by Crippen LogP contribution is -2.20. The van der Waals surface area contributed by atoms with Crippen LogP contribution in [0.4, 0.5) is 0 Å². The van der Waals surface area contributed by atoms with E-state index < -0.39 is 11.8 Å². The molecule has 6 heteroatoms.